The van der Waals surface area contributed by atoms with Crippen molar-refractivity contribution in [2.45, 2.75) is 38.6 Å². The predicted octanol–water partition coefficient (Wildman–Crippen LogP) is 6.04. The number of hydrogen-bond donors (Lipinski definition) is 1. The molecule has 5 nitrogen and oxygen atoms in total. The van der Waals surface area contributed by atoms with Crippen molar-refractivity contribution in [3.8, 4) is 11.3 Å². The van der Waals surface area contributed by atoms with Crippen LogP contribution in [0.25, 0.3) is 22.2 Å². The fourth-order valence-corrected chi connectivity index (χ4v) is 3.83. The Labute approximate surface area is 179 Å². The fourth-order valence-electron chi connectivity index (χ4n) is 2.92. The summed E-state index contributed by atoms with van der Waals surface area (Å²) in [7, 11) is -1.23. The Hall–Kier alpha value is -2.10. The number of rotatable bonds is 8. The van der Waals surface area contributed by atoms with Crippen molar-refractivity contribution in [1.82, 2.24) is 14.5 Å². The SMILES string of the molecule is C[Si](C)(C)CCOCn1c(-c2ccnc(NCC(F)(F)F)c2)cc2cnc(Cl)cc21. The van der Waals surface area contributed by atoms with E-state index in [9.17, 15) is 13.2 Å². The summed E-state index contributed by atoms with van der Waals surface area (Å²) in [5.41, 5.74) is 2.36. The van der Waals surface area contributed by atoms with Crippen LogP contribution in [0.3, 0.4) is 0 Å². The van der Waals surface area contributed by atoms with E-state index in [1.54, 1.807) is 24.4 Å². The maximum atomic E-state index is 12.5. The summed E-state index contributed by atoms with van der Waals surface area (Å²) < 4.78 is 45.5. The van der Waals surface area contributed by atoms with E-state index >= 15 is 0 Å². The van der Waals surface area contributed by atoms with Crippen molar-refractivity contribution in [3.63, 3.8) is 0 Å². The van der Waals surface area contributed by atoms with Gasteiger partial charge >= 0.3 is 6.18 Å². The smallest absolute Gasteiger partial charge is 0.361 e. The summed E-state index contributed by atoms with van der Waals surface area (Å²) in [5.74, 6) is 0.150. The quantitative estimate of drug-likeness (QED) is 0.255. The molecule has 0 aliphatic carbocycles. The molecule has 0 aromatic carbocycles. The zero-order valence-corrected chi connectivity index (χ0v) is 18.8. The molecule has 0 fully saturated rings. The summed E-state index contributed by atoms with van der Waals surface area (Å²) in [6.45, 7) is 6.64. The molecular weight excluding hydrogens is 433 g/mol. The molecule has 0 aliphatic heterocycles. The second-order valence-corrected chi connectivity index (χ2v) is 14.3. The molecule has 0 amide bonds. The number of pyridine rings is 2. The lowest BCUT2D eigenvalue weighted by molar-refractivity contribution is -0.115. The topological polar surface area (TPSA) is 52.0 Å². The molecule has 0 radical (unpaired) electrons. The van der Waals surface area contributed by atoms with Gasteiger partial charge in [0.25, 0.3) is 0 Å². The summed E-state index contributed by atoms with van der Waals surface area (Å²) >= 11 is 6.09. The van der Waals surface area contributed by atoms with Crippen molar-refractivity contribution in [2.75, 3.05) is 18.5 Å². The summed E-state index contributed by atoms with van der Waals surface area (Å²) in [6.07, 6.45) is -1.17. The first kappa shape index (κ1) is 22.6. The van der Waals surface area contributed by atoms with Crippen LogP contribution in [0.4, 0.5) is 19.0 Å². The highest BCUT2D eigenvalue weighted by Gasteiger charge is 2.26. The van der Waals surface area contributed by atoms with E-state index in [0.717, 1.165) is 28.2 Å². The van der Waals surface area contributed by atoms with E-state index in [2.05, 4.69) is 34.9 Å². The third kappa shape index (κ3) is 6.20. The van der Waals surface area contributed by atoms with Crippen LogP contribution in [-0.2, 0) is 11.5 Å². The Morgan fingerprint density at radius 2 is 1.93 bits per heavy atom. The average molecular weight is 457 g/mol. The van der Waals surface area contributed by atoms with Crippen molar-refractivity contribution in [2.24, 2.45) is 0 Å². The second kappa shape index (κ2) is 8.95. The van der Waals surface area contributed by atoms with Crippen LogP contribution in [0, 0.1) is 0 Å². The zero-order chi connectivity index (χ0) is 21.9. The van der Waals surface area contributed by atoms with Gasteiger partial charge in [-0.25, -0.2) is 9.97 Å². The molecule has 30 heavy (non-hydrogen) atoms. The number of hydrogen-bond acceptors (Lipinski definition) is 4. The molecule has 10 heteroatoms. The molecule has 0 spiro atoms. The molecule has 3 rings (SSSR count). The van der Waals surface area contributed by atoms with Crippen LogP contribution in [0.5, 0.6) is 0 Å². The first-order valence-electron chi connectivity index (χ1n) is 9.51. The molecule has 0 atom stereocenters. The average Bonchev–Trinajstić information content (AvgIpc) is 3.00. The van der Waals surface area contributed by atoms with E-state index in [1.165, 1.54) is 6.20 Å². The van der Waals surface area contributed by atoms with E-state index in [1.807, 2.05) is 10.6 Å². The maximum absolute atomic E-state index is 12.5. The molecule has 0 bridgehead atoms. The standard InChI is InChI=1S/C20H24ClF3N4OSi/c1-30(2,3)7-6-29-13-28-16(8-15-11-26-18(21)10-17(15)28)14-4-5-25-19(9-14)27-12-20(22,23)24/h4-5,8-11H,6-7,12-13H2,1-3H3,(H,25,27). The van der Waals surface area contributed by atoms with Gasteiger partial charge < -0.3 is 14.6 Å². The molecule has 162 valence electrons. The number of halogens is 4. The molecule has 3 aromatic rings. The van der Waals surface area contributed by atoms with Gasteiger partial charge in [0.2, 0.25) is 0 Å². The lowest BCUT2D eigenvalue weighted by Gasteiger charge is -2.17. The third-order valence-electron chi connectivity index (χ3n) is 4.49. The van der Waals surface area contributed by atoms with Crippen molar-refractivity contribution in [3.05, 3.63) is 41.8 Å². The van der Waals surface area contributed by atoms with Gasteiger partial charge in [0.05, 0.1) is 11.2 Å². The van der Waals surface area contributed by atoms with Crippen molar-refractivity contribution < 1.29 is 17.9 Å². The molecule has 0 saturated heterocycles. The lowest BCUT2D eigenvalue weighted by atomic mass is 10.2. The number of alkyl halides is 3. The Balaban J connectivity index is 1.91. The van der Waals surface area contributed by atoms with E-state index < -0.39 is 20.8 Å². The Morgan fingerprint density at radius 3 is 2.63 bits per heavy atom. The summed E-state index contributed by atoms with van der Waals surface area (Å²) in [6, 6.07) is 8.05. The van der Waals surface area contributed by atoms with Crippen LogP contribution < -0.4 is 5.32 Å². The minimum Gasteiger partial charge on any atom is -0.361 e. The lowest BCUT2D eigenvalue weighted by Crippen LogP contribution is -2.22. The minimum absolute atomic E-state index is 0.150. The normalized spacial score (nSPS) is 12.5. The molecule has 3 aromatic heterocycles. The van der Waals surface area contributed by atoms with Crippen molar-refractivity contribution >= 4 is 36.4 Å². The number of ether oxygens (including phenoxy) is 1. The van der Waals surface area contributed by atoms with Gasteiger partial charge in [-0.15, -0.1) is 0 Å². The minimum atomic E-state index is -4.32. The van der Waals surface area contributed by atoms with Gasteiger partial charge in [0, 0.05) is 38.0 Å². The molecule has 0 saturated carbocycles. The zero-order valence-electron chi connectivity index (χ0n) is 17.1. The van der Waals surface area contributed by atoms with Gasteiger partial charge in [0.1, 0.15) is 24.2 Å². The Bertz CT molecular complexity index is 1020. The number of nitrogens with one attached hydrogen (secondary N) is 1. The number of fused-ring (bicyclic) bond motifs is 1. The number of aromatic nitrogens is 3. The predicted molar refractivity (Wildman–Crippen MR) is 117 cm³/mol. The first-order valence-corrected chi connectivity index (χ1v) is 13.6. The molecule has 0 unspecified atom stereocenters. The van der Waals surface area contributed by atoms with Crippen LogP contribution in [0.1, 0.15) is 0 Å². The van der Waals surface area contributed by atoms with E-state index in [0.29, 0.717) is 18.5 Å². The van der Waals surface area contributed by atoms with Gasteiger partial charge in [-0.1, -0.05) is 31.2 Å². The van der Waals surface area contributed by atoms with Crippen molar-refractivity contribution in [1.29, 1.82) is 0 Å². The van der Waals surface area contributed by atoms with Crippen LogP contribution in [0.15, 0.2) is 36.7 Å². The molecule has 0 aliphatic rings. The Morgan fingerprint density at radius 1 is 1.17 bits per heavy atom. The van der Waals surface area contributed by atoms with Gasteiger partial charge in [-0.05, 0) is 30.3 Å². The van der Waals surface area contributed by atoms with Crippen LogP contribution in [-0.4, -0.2) is 41.9 Å². The van der Waals surface area contributed by atoms with E-state index in [-0.39, 0.29) is 5.82 Å². The third-order valence-corrected chi connectivity index (χ3v) is 6.41. The van der Waals surface area contributed by atoms with Gasteiger partial charge in [-0.3, -0.25) is 0 Å². The van der Waals surface area contributed by atoms with Crippen LogP contribution >= 0.6 is 11.6 Å². The number of nitrogens with zero attached hydrogens (tertiary/aromatic N) is 3. The highest BCUT2D eigenvalue weighted by Crippen LogP contribution is 2.30. The second-order valence-electron chi connectivity index (χ2n) is 8.27. The number of anilines is 1. The Kier molecular flexibility index (Phi) is 6.74. The molecule has 1 N–H and O–H groups in total. The molecular formula is C20H24ClF3N4OSi. The fraction of sp³-hybridized carbons (Fsp3) is 0.400. The largest absolute Gasteiger partial charge is 0.405 e. The summed E-state index contributed by atoms with van der Waals surface area (Å²) in [5, 5.41) is 3.55. The highest BCUT2D eigenvalue weighted by molar-refractivity contribution is 6.76. The first-order chi connectivity index (χ1) is 14.0. The van der Waals surface area contributed by atoms with E-state index in [4.69, 9.17) is 16.3 Å². The van der Waals surface area contributed by atoms with Gasteiger partial charge in [0.15, 0.2) is 0 Å². The monoisotopic (exact) mass is 456 g/mol. The van der Waals surface area contributed by atoms with Gasteiger partial charge in [-0.2, -0.15) is 13.2 Å². The maximum Gasteiger partial charge on any atom is 0.405 e. The van der Waals surface area contributed by atoms with Crippen LogP contribution in [0.2, 0.25) is 30.8 Å². The molecule has 3 heterocycles. The summed E-state index contributed by atoms with van der Waals surface area (Å²) in [4.78, 5) is 8.11. The highest BCUT2D eigenvalue weighted by atomic mass is 35.5.